The van der Waals surface area contributed by atoms with Crippen LogP contribution >= 0.6 is 0 Å². The second kappa shape index (κ2) is 7.00. The average Bonchev–Trinajstić information content (AvgIpc) is 2.49. The summed E-state index contributed by atoms with van der Waals surface area (Å²) in [6, 6.07) is 9.32. The maximum absolute atomic E-state index is 13.4. The molecule has 0 fully saturated rings. The number of hydrogen-bond donors (Lipinski definition) is 1. The van der Waals surface area contributed by atoms with Gasteiger partial charge in [-0.15, -0.1) is 0 Å². The molecule has 0 spiro atoms. The third-order valence-electron chi connectivity index (χ3n) is 3.34. The van der Waals surface area contributed by atoms with E-state index in [0.29, 0.717) is 11.3 Å². The number of carbonyl (C=O) groups excluding carboxylic acids is 2. The van der Waals surface area contributed by atoms with Crippen LogP contribution in [0.15, 0.2) is 42.5 Å². The zero-order valence-corrected chi connectivity index (χ0v) is 12.8. The molecule has 4 nitrogen and oxygen atoms in total. The molecule has 0 aliphatic rings. The van der Waals surface area contributed by atoms with E-state index in [1.54, 1.807) is 0 Å². The number of anilines is 2. The fourth-order valence-corrected chi connectivity index (χ4v) is 2.05. The Morgan fingerprint density at radius 1 is 1.04 bits per heavy atom. The van der Waals surface area contributed by atoms with E-state index in [4.69, 9.17) is 0 Å². The number of amides is 2. The molecule has 120 valence electrons. The quantitative estimate of drug-likeness (QED) is 0.941. The molecule has 0 saturated heterocycles. The molecule has 0 unspecified atom stereocenters. The summed E-state index contributed by atoms with van der Waals surface area (Å²) in [6.45, 7) is 1.37. The van der Waals surface area contributed by atoms with E-state index in [9.17, 15) is 18.4 Å². The van der Waals surface area contributed by atoms with E-state index in [1.807, 2.05) is 0 Å². The third-order valence-corrected chi connectivity index (χ3v) is 3.34. The van der Waals surface area contributed by atoms with Crippen molar-refractivity contribution >= 4 is 23.2 Å². The molecule has 1 N–H and O–H groups in total. The van der Waals surface area contributed by atoms with Crippen molar-refractivity contribution in [2.45, 2.75) is 13.3 Å². The van der Waals surface area contributed by atoms with E-state index in [-0.39, 0.29) is 29.7 Å². The summed E-state index contributed by atoms with van der Waals surface area (Å²) in [6.07, 6.45) is 0.0139. The van der Waals surface area contributed by atoms with Gasteiger partial charge >= 0.3 is 0 Å². The van der Waals surface area contributed by atoms with Gasteiger partial charge in [-0.05, 0) is 35.9 Å². The maximum atomic E-state index is 13.4. The van der Waals surface area contributed by atoms with Crippen LogP contribution in [0.3, 0.4) is 0 Å². The van der Waals surface area contributed by atoms with Gasteiger partial charge in [0.1, 0.15) is 11.6 Å². The van der Waals surface area contributed by atoms with E-state index < -0.39 is 5.82 Å². The highest BCUT2D eigenvalue weighted by atomic mass is 19.1. The first-order valence-electron chi connectivity index (χ1n) is 6.95. The van der Waals surface area contributed by atoms with Crippen LogP contribution in [0, 0.1) is 11.6 Å². The monoisotopic (exact) mass is 318 g/mol. The molecular weight excluding hydrogens is 302 g/mol. The minimum atomic E-state index is -0.525. The van der Waals surface area contributed by atoms with Crippen LogP contribution in [0.4, 0.5) is 20.2 Å². The van der Waals surface area contributed by atoms with Gasteiger partial charge in [0, 0.05) is 14.0 Å². The highest BCUT2D eigenvalue weighted by Crippen LogP contribution is 2.26. The van der Waals surface area contributed by atoms with Crippen molar-refractivity contribution in [1.82, 2.24) is 0 Å². The average molecular weight is 318 g/mol. The molecule has 0 atom stereocenters. The van der Waals surface area contributed by atoms with Gasteiger partial charge in [0.2, 0.25) is 11.8 Å². The normalized spacial score (nSPS) is 10.3. The van der Waals surface area contributed by atoms with E-state index in [0.717, 1.165) is 6.07 Å². The van der Waals surface area contributed by atoms with Crippen LogP contribution in [0.25, 0.3) is 0 Å². The Hall–Kier alpha value is -2.76. The van der Waals surface area contributed by atoms with Gasteiger partial charge in [0.15, 0.2) is 0 Å². The van der Waals surface area contributed by atoms with Crippen molar-refractivity contribution in [2.24, 2.45) is 0 Å². The highest BCUT2D eigenvalue weighted by Gasteiger charge is 2.14. The lowest BCUT2D eigenvalue weighted by molar-refractivity contribution is -0.117. The van der Waals surface area contributed by atoms with Crippen LogP contribution < -0.4 is 10.2 Å². The first-order valence-corrected chi connectivity index (χ1v) is 6.95. The number of nitrogens with zero attached hydrogens (tertiary/aromatic N) is 1. The lowest BCUT2D eigenvalue weighted by Gasteiger charge is -2.19. The first-order chi connectivity index (χ1) is 10.9. The Morgan fingerprint density at radius 3 is 2.26 bits per heavy atom. The number of rotatable bonds is 4. The molecule has 0 aliphatic heterocycles. The molecular formula is C17H16F2N2O2. The summed E-state index contributed by atoms with van der Waals surface area (Å²) in [5.41, 5.74) is 1.22. The van der Waals surface area contributed by atoms with E-state index >= 15 is 0 Å². The zero-order valence-electron chi connectivity index (χ0n) is 12.8. The smallest absolute Gasteiger partial charge is 0.228 e. The summed E-state index contributed by atoms with van der Waals surface area (Å²) in [7, 11) is 1.53. The van der Waals surface area contributed by atoms with Crippen molar-refractivity contribution in [3.8, 4) is 0 Å². The minimum Gasteiger partial charge on any atom is -0.324 e. The van der Waals surface area contributed by atoms with Crippen LogP contribution in [-0.4, -0.2) is 18.9 Å². The number of halogens is 2. The van der Waals surface area contributed by atoms with Crippen LogP contribution in [0.1, 0.15) is 12.5 Å². The summed E-state index contributed by atoms with van der Waals surface area (Å²) >= 11 is 0. The van der Waals surface area contributed by atoms with Crippen molar-refractivity contribution in [3.05, 3.63) is 59.7 Å². The molecule has 6 heteroatoms. The SMILES string of the molecule is CC(=O)N(C)c1ccc(F)cc1NC(=O)Cc1ccc(F)cc1. The predicted molar refractivity (Wildman–Crippen MR) is 84.2 cm³/mol. The summed E-state index contributed by atoms with van der Waals surface area (Å²) < 4.78 is 26.3. The molecule has 0 saturated carbocycles. The molecule has 0 heterocycles. The predicted octanol–water partition coefficient (Wildman–Crippen LogP) is 3.13. The van der Waals surface area contributed by atoms with Crippen LogP contribution in [-0.2, 0) is 16.0 Å². The molecule has 2 aromatic rings. The third kappa shape index (κ3) is 4.35. The molecule has 0 radical (unpaired) electrons. The Balaban J connectivity index is 2.18. The van der Waals surface area contributed by atoms with Crippen LogP contribution in [0.2, 0.25) is 0 Å². The van der Waals surface area contributed by atoms with Gasteiger partial charge in [-0.25, -0.2) is 8.78 Å². The fraction of sp³-hybridized carbons (Fsp3) is 0.176. The van der Waals surface area contributed by atoms with Crippen molar-refractivity contribution in [1.29, 1.82) is 0 Å². The number of benzene rings is 2. The summed E-state index contributed by atoms with van der Waals surface area (Å²) in [4.78, 5) is 24.9. The lowest BCUT2D eigenvalue weighted by atomic mass is 10.1. The van der Waals surface area contributed by atoms with Gasteiger partial charge in [-0.2, -0.15) is 0 Å². The summed E-state index contributed by atoms with van der Waals surface area (Å²) in [5.74, 6) is -1.54. The van der Waals surface area contributed by atoms with Gasteiger partial charge in [0.05, 0.1) is 17.8 Å². The topological polar surface area (TPSA) is 49.4 Å². The Labute approximate surface area is 132 Å². The molecule has 0 bridgehead atoms. The lowest BCUT2D eigenvalue weighted by Crippen LogP contribution is -2.25. The molecule has 0 aromatic heterocycles. The first kappa shape index (κ1) is 16.6. The van der Waals surface area contributed by atoms with Crippen molar-refractivity contribution in [3.63, 3.8) is 0 Å². The number of hydrogen-bond acceptors (Lipinski definition) is 2. The molecule has 2 aromatic carbocycles. The molecule has 2 amide bonds. The Morgan fingerprint density at radius 2 is 1.65 bits per heavy atom. The van der Waals surface area contributed by atoms with E-state index in [1.165, 1.54) is 55.3 Å². The molecule has 0 aliphatic carbocycles. The number of nitrogens with one attached hydrogen (secondary N) is 1. The summed E-state index contributed by atoms with van der Waals surface area (Å²) in [5, 5.41) is 2.58. The standard InChI is InChI=1S/C17H16F2N2O2/c1-11(22)21(2)16-8-7-14(19)10-15(16)20-17(23)9-12-3-5-13(18)6-4-12/h3-8,10H,9H2,1-2H3,(H,20,23). The zero-order chi connectivity index (χ0) is 17.0. The van der Waals surface area contributed by atoms with Crippen molar-refractivity contribution in [2.75, 3.05) is 17.3 Å². The van der Waals surface area contributed by atoms with Gasteiger partial charge in [-0.3, -0.25) is 9.59 Å². The maximum Gasteiger partial charge on any atom is 0.228 e. The van der Waals surface area contributed by atoms with Gasteiger partial charge in [-0.1, -0.05) is 12.1 Å². The number of carbonyl (C=O) groups is 2. The van der Waals surface area contributed by atoms with Gasteiger partial charge < -0.3 is 10.2 Å². The Kier molecular flexibility index (Phi) is 5.05. The highest BCUT2D eigenvalue weighted by molar-refractivity contribution is 6.00. The second-order valence-electron chi connectivity index (χ2n) is 5.09. The van der Waals surface area contributed by atoms with E-state index in [2.05, 4.69) is 5.32 Å². The van der Waals surface area contributed by atoms with Crippen molar-refractivity contribution < 1.29 is 18.4 Å². The molecule has 2 rings (SSSR count). The molecule has 23 heavy (non-hydrogen) atoms. The van der Waals surface area contributed by atoms with Crippen LogP contribution in [0.5, 0.6) is 0 Å². The second-order valence-corrected chi connectivity index (χ2v) is 5.09. The van der Waals surface area contributed by atoms with Gasteiger partial charge in [0.25, 0.3) is 0 Å². The Bertz CT molecular complexity index is 730. The minimum absolute atomic E-state index is 0.0139. The largest absolute Gasteiger partial charge is 0.324 e. The fourth-order valence-electron chi connectivity index (χ4n) is 2.05.